The van der Waals surface area contributed by atoms with Gasteiger partial charge in [-0.1, -0.05) is 26.0 Å². The molecule has 7 heteroatoms. The molecule has 30 heavy (non-hydrogen) atoms. The summed E-state index contributed by atoms with van der Waals surface area (Å²) in [6.07, 6.45) is 2.45. The summed E-state index contributed by atoms with van der Waals surface area (Å²) in [6.45, 7) is 9.10. The smallest absolute Gasteiger partial charge is 0.227 e. The van der Waals surface area contributed by atoms with Gasteiger partial charge in [0.2, 0.25) is 11.8 Å². The molecule has 4 rings (SSSR count). The van der Waals surface area contributed by atoms with E-state index in [0.29, 0.717) is 5.92 Å². The number of carbonyl (C=O) groups excluding carboxylic acids is 2. The van der Waals surface area contributed by atoms with Crippen LogP contribution in [0.1, 0.15) is 49.2 Å². The van der Waals surface area contributed by atoms with Crippen LogP contribution in [0.2, 0.25) is 0 Å². The van der Waals surface area contributed by atoms with Crippen LogP contribution >= 0.6 is 11.3 Å². The molecule has 160 valence electrons. The first kappa shape index (κ1) is 20.8. The minimum Gasteiger partial charge on any atom is -0.345 e. The number of aryl methyl sites for hydroxylation is 1. The number of benzene rings is 1. The van der Waals surface area contributed by atoms with Crippen molar-refractivity contribution in [2.45, 2.75) is 46.0 Å². The Morgan fingerprint density at radius 3 is 2.47 bits per heavy atom. The van der Waals surface area contributed by atoms with Crippen molar-refractivity contribution >= 4 is 34.0 Å². The molecule has 2 aliphatic rings. The summed E-state index contributed by atoms with van der Waals surface area (Å²) in [5.41, 5.74) is 3.29. The lowest BCUT2D eigenvalue weighted by molar-refractivity contribution is -0.129. The molecule has 1 aliphatic carbocycles. The summed E-state index contributed by atoms with van der Waals surface area (Å²) >= 11 is 1.72. The predicted octanol–water partition coefficient (Wildman–Crippen LogP) is 3.68. The number of rotatable bonds is 4. The molecule has 2 amide bonds. The third kappa shape index (κ3) is 4.51. The Morgan fingerprint density at radius 2 is 1.83 bits per heavy atom. The van der Waals surface area contributed by atoms with Crippen molar-refractivity contribution in [3.05, 3.63) is 40.4 Å². The fourth-order valence-electron chi connectivity index (χ4n) is 4.13. The third-order valence-corrected chi connectivity index (χ3v) is 7.32. The van der Waals surface area contributed by atoms with Crippen LogP contribution in [-0.2, 0) is 22.4 Å². The monoisotopic (exact) mass is 426 g/mol. The number of anilines is 2. The van der Waals surface area contributed by atoms with Gasteiger partial charge in [-0.2, -0.15) is 0 Å². The standard InChI is InChI=1S/C23H30N4O2S/c1-15(2)17-4-7-19(8-5-17)24-22(29)18-6-9-20-21(14-18)30-23(25-20)27-12-10-26(11-13-27)16(3)28/h4-5,7-8,15,18H,6,9-14H2,1-3H3,(H,24,29)/t18-/m0/s1. The first-order chi connectivity index (χ1) is 14.4. The van der Waals surface area contributed by atoms with Crippen molar-refractivity contribution in [3.8, 4) is 0 Å². The molecule has 1 fully saturated rings. The van der Waals surface area contributed by atoms with E-state index in [0.717, 1.165) is 62.0 Å². The minimum absolute atomic E-state index is 0.00913. The lowest BCUT2D eigenvalue weighted by Crippen LogP contribution is -2.48. The Labute approximate surface area is 182 Å². The van der Waals surface area contributed by atoms with Crippen LogP contribution in [0, 0.1) is 5.92 Å². The number of piperazine rings is 1. The highest BCUT2D eigenvalue weighted by Gasteiger charge is 2.29. The number of hydrogen-bond acceptors (Lipinski definition) is 5. The zero-order valence-corrected chi connectivity index (χ0v) is 18.8. The Bertz CT molecular complexity index is 914. The SMILES string of the molecule is CC(=O)N1CCN(c2nc3c(s2)C[C@@H](C(=O)Nc2ccc(C(C)C)cc2)CC3)CC1. The average molecular weight is 427 g/mol. The molecule has 1 atom stereocenters. The first-order valence-corrected chi connectivity index (χ1v) is 11.6. The van der Waals surface area contributed by atoms with Gasteiger partial charge in [-0.05, 0) is 42.9 Å². The van der Waals surface area contributed by atoms with Crippen molar-refractivity contribution in [3.63, 3.8) is 0 Å². The highest BCUT2D eigenvalue weighted by molar-refractivity contribution is 7.15. The predicted molar refractivity (Wildman–Crippen MR) is 121 cm³/mol. The maximum absolute atomic E-state index is 12.8. The second-order valence-corrected chi connectivity index (χ2v) is 9.63. The Hall–Kier alpha value is -2.41. The number of hydrogen-bond donors (Lipinski definition) is 1. The maximum Gasteiger partial charge on any atom is 0.227 e. The molecular formula is C23H30N4O2S. The van der Waals surface area contributed by atoms with E-state index >= 15 is 0 Å². The second kappa shape index (κ2) is 8.76. The van der Waals surface area contributed by atoms with E-state index in [1.165, 1.54) is 10.4 Å². The van der Waals surface area contributed by atoms with E-state index in [1.807, 2.05) is 17.0 Å². The van der Waals surface area contributed by atoms with E-state index in [-0.39, 0.29) is 17.7 Å². The largest absolute Gasteiger partial charge is 0.345 e. The molecule has 2 aromatic rings. The number of carbonyl (C=O) groups is 2. The quantitative estimate of drug-likeness (QED) is 0.810. The van der Waals surface area contributed by atoms with Crippen molar-refractivity contribution in [1.29, 1.82) is 0 Å². The number of nitrogens with zero attached hydrogens (tertiary/aromatic N) is 3. The highest BCUT2D eigenvalue weighted by atomic mass is 32.1. The molecule has 1 aromatic heterocycles. The normalized spacial score (nSPS) is 19.0. The van der Waals surface area contributed by atoms with E-state index in [1.54, 1.807) is 18.3 Å². The summed E-state index contributed by atoms with van der Waals surface area (Å²) in [6, 6.07) is 8.15. The van der Waals surface area contributed by atoms with Gasteiger partial charge in [0.25, 0.3) is 0 Å². The lowest BCUT2D eigenvalue weighted by atomic mass is 9.90. The molecule has 0 saturated carbocycles. The first-order valence-electron chi connectivity index (χ1n) is 10.8. The molecule has 1 aromatic carbocycles. The molecule has 1 aliphatic heterocycles. The molecular weight excluding hydrogens is 396 g/mol. The summed E-state index contributed by atoms with van der Waals surface area (Å²) in [4.78, 5) is 34.6. The third-order valence-electron chi connectivity index (χ3n) is 6.14. The van der Waals surface area contributed by atoms with Gasteiger partial charge in [-0.15, -0.1) is 11.3 Å². The van der Waals surface area contributed by atoms with Gasteiger partial charge in [0.15, 0.2) is 5.13 Å². The number of nitrogens with one attached hydrogen (secondary N) is 1. The molecule has 6 nitrogen and oxygen atoms in total. The van der Waals surface area contributed by atoms with Crippen molar-refractivity contribution in [2.24, 2.45) is 5.92 Å². The molecule has 2 heterocycles. The summed E-state index contributed by atoms with van der Waals surface area (Å²) in [7, 11) is 0. The molecule has 1 N–H and O–H groups in total. The molecule has 0 unspecified atom stereocenters. The zero-order valence-electron chi connectivity index (χ0n) is 18.0. The summed E-state index contributed by atoms with van der Waals surface area (Å²) in [5, 5.41) is 4.13. The fraction of sp³-hybridized carbons (Fsp3) is 0.522. The van der Waals surface area contributed by atoms with Crippen LogP contribution in [-0.4, -0.2) is 47.9 Å². The Morgan fingerprint density at radius 1 is 1.13 bits per heavy atom. The minimum atomic E-state index is -0.00913. The number of fused-ring (bicyclic) bond motifs is 1. The number of aromatic nitrogens is 1. The average Bonchev–Trinajstić information content (AvgIpc) is 3.17. The van der Waals surface area contributed by atoms with Crippen LogP contribution in [0.3, 0.4) is 0 Å². The topological polar surface area (TPSA) is 65.5 Å². The van der Waals surface area contributed by atoms with Gasteiger partial charge in [0.1, 0.15) is 0 Å². The van der Waals surface area contributed by atoms with Crippen LogP contribution in [0.15, 0.2) is 24.3 Å². The number of amides is 2. The highest BCUT2D eigenvalue weighted by Crippen LogP contribution is 2.35. The number of thiazole rings is 1. The fourth-order valence-corrected chi connectivity index (χ4v) is 5.37. The van der Waals surface area contributed by atoms with Gasteiger partial charge in [0, 0.05) is 49.6 Å². The van der Waals surface area contributed by atoms with Gasteiger partial charge in [-0.25, -0.2) is 4.98 Å². The van der Waals surface area contributed by atoms with Crippen LogP contribution in [0.4, 0.5) is 10.8 Å². The Kier molecular flexibility index (Phi) is 6.09. The van der Waals surface area contributed by atoms with E-state index in [9.17, 15) is 9.59 Å². The molecule has 0 bridgehead atoms. The zero-order chi connectivity index (χ0) is 21.3. The molecule has 0 spiro atoms. The van der Waals surface area contributed by atoms with Crippen LogP contribution in [0.25, 0.3) is 0 Å². The van der Waals surface area contributed by atoms with Crippen molar-refractivity contribution in [1.82, 2.24) is 9.88 Å². The van der Waals surface area contributed by atoms with Gasteiger partial charge in [-0.3, -0.25) is 9.59 Å². The van der Waals surface area contributed by atoms with E-state index in [2.05, 4.69) is 36.2 Å². The van der Waals surface area contributed by atoms with Gasteiger partial charge >= 0.3 is 0 Å². The Balaban J connectivity index is 1.36. The second-order valence-electron chi connectivity index (χ2n) is 8.57. The van der Waals surface area contributed by atoms with Gasteiger partial charge in [0.05, 0.1) is 5.69 Å². The van der Waals surface area contributed by atoms with Gasteiger partial charge < -0.3 is 15.1 Å². The van der Waals surface area contributed by atoms with Crippen LogP contribution < -0.4 is 10.2 Å². The van der Waals surface area contributed by atoms with Crippen molar-refractivity contribution < 1.29 is 9.59 Å². The lowest BCUT2D eigenvalue weighted by Gasteiger charge is -2.33. The van der Waals surface area contributed by atoms with Crippen LogP contribution in [0.5, 0.6) is 0 Å². The van der Waals surface area contributed by atoms with E-state index < -0.39 is 0 Å². The van der Waals surface area contributed by atoms with E-state index in [4.69, 9.17) is 4.98 Å². The van der Waals surface area contributed by atoms with Crippen molar-refractivity contribution in [2.75, 3.05) is 36.4 Å². The summed E-state index contributed by atoms with van der Waals surface area (Å²) in [5.74, 6) is 0.714. The molecule has 0 radical (unpaired) electrons. The summed E-state index contributed by atoms with van der Waals surface area (Å²) < 4.78 is 0. The maximum atomic E-state index is 12.8. The molecule has 1 saturated heterocycles.